The van der Waals surface area contributed by atoms with Gasteiger partial charge in [-0.25, -0.2) is 5.10 Å². The van der Waals surface area contributed by atoms with Gasteiger partial charge in [-0.1, -0.05) is 18.2 Å². The number of benzene rings is 2. The molecule has 1 N–H and O–H groups in total. The Morgan fingerprint density at radius 3 is 2.31 bits per heavy atom. The second kappa shape index (κ2) is 9.24. The maximum absolute atomic E-state index is 5.93. The zero-order chi connectivity index (χ0) is 20.8. The molecule has 3 rings (SSSR count). The average molecular weight is 414 g/mol. The van der Waals surface area contributed by atoms with Crippen LogP contribution in [0.3, 0.4) is 0 Å². The van der Waals surface area contributed by atoms with Gasteiger partial charge in [0.1, 0.15) is 5.75 Å². The number of nitrogens with zero attached hydrogens (tertiary/aromatic N) is 3. The number of methoxy groups -OCH3 is 3. The summed E-state index contributed by atoms with van der Waals surface area (Å²) < 4.78 is 23.9. The van der Waals surface area contributed by atoms with E-state index < -0.39 is 0 Å². The molecule has 1 unspecified atom stereocenters. The standard InChI is InChI=1S/C20H22N4O4S/c1-13(28-15-8-6-5-7-9-15)19-22-23-20(29)24(19)21-12-14-10-16(25-2)18(27-4)17(11-14)26-3/h5-13H,1-4H3,(H,23,29)/b21-12+. The summed E-state index contributed by atoms with van der Waals surface area (Å²) in [6.07, 6.45) is 1.26. The normalized spacial score (nSPS) is 12.0. The van der Waals surface area contributed by atoms with Gasteiger partial charge in [0.15, 0.2) is 23.4 Å². The first-order chi connectivity index (χ1) is 14.1. The molecule has 0 bridgehead atoms. The third-order valence-electron chi connectivity index (χ3n) is 4.10. The molecule has 0 radical (unpaired) electrons. The van der Waals surface area contributed by atoms with Crippen LogP contribution in [0.2, 0.25) is 0 Å². The van der Waals surface area contributed by atoms with Crippen molar-refractivity contribution in [2.75, 3.05) is 21.3 Å². The molecule has 1 aromatic heterocycles. The zero-order valence-electron chi connectivity index (χ0n) is 16.6. The average Bonchev–Trinajstić information content (AvgIpc) is 3.12. The van der Waals surface area contributed by atoms with Crippen LogP contribution in [0.15, 0.2) is 47.6 Å². The Kier molecular flexibility index (Phi) is 6.50. The molecule has 0 saturated carbocycles. The molecule has 0 spiro atoms. The Morgan fingerprint density at radius 1 is 1.07 bits per heavy atom. The van der Waals surface area contributed by atoms with Crippen molar-refractivity contribution in [3.8, 4) is 23.0 Å². The lowest BCUT2D eigenvalue weighted by Crippen LogP contribution is -2.10. The minimum atomic E-state index is -0.373. The van der Waals surface area contributed by atoms with Gasteiger partial charge in [0, 0.05) is 5.56 Å². The molecule has 1 atom stereocenters. The third kappa shape index (κ3) is 4.57. The number of rotatable bonds is 8. The summed E-state index contributed by atoms with van der Waals surface area (Å²) in [5.74, 6) is 2.85. The van der Waals surface area contributed by atoms with E-state index in [1.165, 1.54) is 4.68 Å². The van der Waals surface area contributed by atoms with Gasteiger partial charge in [-0.15, -0.1) is 0 Å². The molecule has 0 aliphatic rings. The van der Waals surface area contributed by atoms with Gasteiger partial charge in [-0.05, 0) is 43.4 Å². The summed E-state index contributed by atoms with van der Waals surface area (Å²) in [5.41, 5.74) is 0.741. The fraction of sp³-hybridized carbons (Fsp3) is 0.250. The first-order valence-corrected chi connectivity index (χ1v) is 9.21. The molecule has 3 aromatic rings. The molecular weight excluding hydrogens is 392 g/mol. The lowest BCUT2D eigenvalue weighted by atomic mass is 10.2. The number of ether oxygens (including phenoxy) is 4. The van der Waals surface area contributed by atoms with Crippen LogP contribution < -0.4 is 18.9 Å². The van der Waals surface area contributed by atoms with E-state index in [-0.39, 0.29) is 6.10 Å². The van der Waals surface area contributed by atoms with Gasteiger partial charge >= 0.3 is 0 Å². The monoisotopic (exact) mass is 414 g/mol. The topological polar surface area (TPSA) is 82.9 Å². The van der Waals surface area contributed by atoms with Crippen molar-refractivity contribution in [2.45, 2.75) is 13.0 Å². The summed E-state index contributed by atoms with van der Waals surface area (Å²) in [4.78, 5) is 0. The second-order valence-electron chi connectivity index (χ2n) is 5.98. The minimum Gasteiger partial charge on any atom is -0.493 e. The molecule has 152 valence electrons. The van der Waals surface area contributed by atoms with Crippen LogP contribution in [0.5, 0.6) is 23.0 Å². The highest BCUT2D eigenvalue weighted by Gasteiger charge is 2.16. The van der Waals surface area contributed by atoms with Gasteiger partial charge in [0.2, 0.25) is 10.5 Å². The van der Waals surface area contributed by atoms with E-state index in [2.05, 4.69) is 15.3 Å². The number of nitrogens with one attached hydrogen (secondary N) is 1. The molecule has 1 heterocycles. The van der Waals surface area contributed by atoms with Crippen LogP contribution in [0.1, 0.15) is 24.4 Å². The van der Waals surface area contributed by atoms with Crippen LogP contribution in [-0.2, 0) is 0 Å². The molecule has 9 heteroatoms. The van der Waals surface area contributed by atoms with E-state index in [9.17, 15) is 0 Å². The Bertz CT molecular complexity index is 1020. The van der Waals surface area contributed by atoms with E-state index in [1.807, 2.05) is 37.3 Å². The molecule has 2 aromatic carbocycles. The van der Waals surface area contributed by atoms with Crippen molar-refractivity contribution in [3.63, 3.8) is 0 Å². The fourth-order valence-corrected chi connectivity index (χ4v) is 2.92. The number of hydrogen-bond donors (Lipinski definition) is 1. The molecule has 0 amide bonds. The zero-order valence-corrected chi connectivity index (χ0v) is 17.4. The third-order valence-corrected chi connectivity index (χ3v) is 4.37. The number of H-pyrrole nitrogens is 1. The van der Waals surface area contributed by atoms with Crippen LogP contribution in [-0.4, -0.2) is 42.4 Å². The fourth-order valence-electron chi connectivity index (χ4n) is 2.73. The van der Waals surface area contributed by atoms with Crippen molar-refractivity contribution in [2.24, 2.45) is 5.10 Å². The summed E-state index contributed by atoms with van der Waals surface area (Å²) >= 11 is 5.32. The summed E-state index contributed by atoms with van der Waals surface area (Å²) in [6.45, 7) is 1.88. The molecule has 29 heavy (non-hydrogen) atoms. The second-order valence-corrected chi connectivity index (χ2v) is 6.36. The van der Waals surface area contributed by atoms with E-state index in [1.54, 1.807) is 39.7 Å². The lowest BCUT2D eigenvalue weighted by molar-refractivity contribution is 0.212. The quantitative estimate of drug-likeness (QED) is 0.443. The number of aromatic nitrogens is 3. The highest BCUT2D eigenvalue weighted by Crippen LogP contribution is 2.37. The van der Waals surface area contributed by atoms with Crippen LogP contribution in [0.4, 0.5) is 0 Å². The van der Waals surface area contributed by atoms with E-state index >= 15 is 0 Å². The summed E-state index contributed by atoms with van der Waals surface area (Å²) in [5, 5.41) is 11.5. The minimum absolute atomic E-state index is 0.354. The van der Waals surface area contributed by atoms with Crippen molar-refractivity contribution >= 4 is 18.4 Å². The molecule has 0 aliphatic carbocycles. The van der Waals surface area contributed by atoms with Gasteiger partial charge in [0.05, 0.1) is 27.5 Å². The highest BCUT2D eigenvalue weighted by atomic mass is 32.1. The van der Waals surface area contributed by atoms with Gasteiger partial charge in [-0.2, -0.15) is 14.9 Å². The maximum Gasteiger partial charge on any atom is 0.216 e. The Hall–Kier alpha value is -3.33. The number of para-hydroxylation sites is 1. The molecule has 8 nitrogen and oxygen atoms in total. The molecule has 0 fully saturated rings. The van der Waals surface area contributed by atoms with E-state index in [0.717, 1.165) is 11.3 Å². The predicted octanol–water partition coefficient (Wildman–Crippen LogP) is 3.99. The van der Waals surface area contributed by atoms with Crippen molar-refractivity contribution < 1.29 is 18.9 Å². The SMILES string of the molecule is COc1cc(/C=N/n2c(C(C)Oc3ccccc3)n[nH]c2=S)cc(OC)c1OC. The highest BCUT2D eigenvalue weighted by molar-refractivity contribution is 7.71. The Labute approximate surface area is 173 Å². The van der Waals surface area contributed by atoms with Crippen LogP contribution >= 0.6 is 12.2 Å². The molecular formula is C20H22N4O4S. The first kappa shape index (κ1) is 20.4. The van der Waals surface area contributed by atoms with Crippen molar-refractivity contribution in [1.29, 1.82) is 0 Å². The smallest absolute Gasteiger partial charge is 0.216 e. The Balaban J connectivity index is 1.90. The molecule has 0 saturated heterocycles. The number of aromatic amines is 1. The van der Waals surface area contributed by atoms with Crippen LogP contribution in [0, 0.1) is 4.77 Å². The van der Waals surface area contributed by atoms with Crippen molar-refractivity contribution in [1.82, 2.24) is 14.9 Å². The Morgan fingerprint density at radius 2 is 1.72 bits per heavy atom. The largest absolute Gasteiger partial charge is 0.493 e. The first-order valence-electron chi connectivity index (χ1n) is 8.80. The summed E-state index contributed by atoms with van der Waals surface area (Å²) in [6, 6.07) is 13.1. The predicted molar refractivity (Wildman–Crippen MR) is 112 cm³/mol. The lowest BCUT2D eigenvalue weighted by Gasteiger charge is -2.14. The van der Waals surface area contributed by atoms with Gasteiger partial charge < -0.3 is 18.9 Å². The summed E-state index contributed by atoms with van der Waals surface area (Å²) in [7, 11) is 4.68. The molecule has 0 aliphatic heterocycles. The number of hydrogen-bond acceptors (Lipinski definition) is 7. The van der Waals surface area contributed by atoms with E-state index in [4.69, 9.17) is 31.2 Å². The van der Waals surface area contributed by atoms with E-state index in [0.29, 0.717) is 27.8 Å². The maximum atomic E-state index is 5.93. The van der Waals surface area contributed by atoms with Crippen LogP contribution in [0.25, 0.3) is 0 Å². The van der Waals surface area contributed by atoms with Gasteiger partial charge in [0.25, 0.3) is 0 Å². The van der Waals surface area contributed by atoms with Crippen molar-refractivity contribution in [3.05, 3.63) is 58.6 Å². The van der Waals surface area contributed by atoms with Gasteiger partial charge in [-0.3, -0.25) is 0 Å².